The Kier molecular flexibility index (Phi) is 3.86. The second kappa shape index (κ2) is 5.05. The summed E-state index contributed by atoms with van der Waals surface area (Å²) in [6.45, 7) is 4.78. The van der Waals surface area contributed by atoms with Crippen LogP contribution in [0.5, 0.6) is 0 Å². The maximum absolute atomic E-state index is 6.11. The first-order valence-electron chi connectivity index (χ1n) is 5.34. The van der Waals surface area contributed by atoms with Crippen LogP contribution in [0.3, 0.4) is 0 Å². The highest BCUT2D eigenvalue weighted by atomic mass is 35.5. The van der Waals surface area contributed by atoms with Crippen LogP contribution < -0.4 is 0 Å². The lowest BCUT2D eigenvalue weighted by Crippen LogP contribution is -2.13. The number of nitrogens with zero attached hydrogens (tertiary/aromatic N) is 1. The zero-order valence-electron chi connectivity index (χ0n) is 9.51. The second-order valence-corrected chi connectivity index (χ2v) is 5.55. The van der Waals surface area contributed by atoms with Crippen molar-refractivity contribution >= 4 is 40.7 Å². The Hall–Kier alpha value is -0.440. The van der Waals surface area contributed by atoms with E-state index in [1.807, 2.05) is 0 Å². The van der Waals surface area contributed by atoms with Gasteiger partial charge in [0.25, 0.3) is 0 Å². The Labute approximate surface area is 116 Å². The number of hydrogen-bond donors (Lipinski definition) is 0. The molecule has 2 nitrogen and oxygen atoms in total. The van der Waals surface area contributed by atoms with Gasteiger partial charge in [-0.25, -0.2) is 4.99 Å². The monoisotopic (exact) mass is 291 g/mol. The van der Waals surface area contributed by atoms with E-state index >= 15 is 0 Å². The molecule has 0 saturated carbocycles. The number of aliphatic imine (C=N–C) groups is 1. The summed E-state index contributed by atoms with van der Waals surface area (Å²) in [7, 11) is 0. The smallest absolute Gasteiger partial charge is 0.219 e. The van der Waals surface area contributed by atoms with Crippen molar-refractivity contribution in [3.63, 3.8) is 0 Å². The van der Waals surface area contributed by atoms with Crippen molar-refractivity contribution in [2.75, 3.05) is 6.61 Å². The van der Waals surface area contributed by atoms with Gasteiger partial charge in [0.2, 0.25) is 5.90 Å². The summed E-state index contributed by atoms with van der Waals surface area (Å²) < 4.78 is 5.55. The lowest BCUT2D eigenvalue weighted by atomic mass is 10.1. The average molecular weight is 293 g/mol. The largest absolute Gasteiger partial charge is 0.475 e. The lowest BCUT2D eigenvalue weighted by molar-refractivity contribution is 0.292. The van der Waals surface area contributed by atoms with Crippen molar-refractivity contribution in [1.29, 1.82) is 0 Å². The van der Waals surface area contributed by atoms with Gasteiger partial charge in [0.05, 0.1) is 21.7 Å². The van der Waals surface area contributed by atoms with Gasteiger partial charge in [0.15, 0.2) is 0 Å². The van der Waals surface area contributed by atoms with Crippen molar-refractivity contribution < 1.29 is 4.74 Å². The highest BCUT2D eigenvalue weighted by Crippen LogP contribution is 2.31. The fourth-order valence-electron chi connectivity index (χ4n) is 1.61. The van der Waals surface area contributed by atoms with Crippen molar-refractivity contribution in [2.45, 2.75) is 19.9 Å². The van der Waals surface area contributed by atoms with Crippen LogP contribution in [0.1, 0.15) is 19.4 Å². The lowest BCUT2D eigenvalue weighted by Gasteiger charge is -2.07. The predicted molar refractivity (Wildman–Crippen MR) is 72.6 cm³/mol. The molecule has 1 aliphatic rings. The van der Waals surface area contributed by atoms with E-state index in [2.05, 4.69) is 18.8 Å². The maximum atomic E-state index is 6.11. The highest BCUT2D eigenvalue weighted by Gasteiger charge is 2.25. The van der Waals surface area contributed by atoms with Gasteiger partial charge in [-0.3, -0.25) is 0 Å². The second-order valence-electron chi connectivity index (χ2n) is 4.30. The molecule has 1 heterocycles. The highest BCUT2D eigenvalue weighted by molar-refractivity contribution is 6.42. The standard InChI is InChI=1S/C12H12Cl3NO/c1-6(2)10-5-17-12(16-10)11-8(14)3-7(13)4-9(11)15/h3-4,6,10H,5H2,1-2H3/t10-/m0/s1. The van der Waals surface area contributed by atoms with Gasteiger partial charge in [-0.1, -0.05) is 48.7 Å². The van der Waals surface area contributed by atoms with E-state index in [-0.39, 0.29) is 6.04 Å². The van der Waals surface area contributed by atoms with Gasteiger partial charge in [-0.2, -0.15) is 0 Å². The summed E-state index contributed by atoms with van der Waals surface area (Å²) in [5, 5.41) is 1.43. The molecule has 1 atom stereocenters. The van der Waals surface area contributed by atoms with Gasteiger partial charge in [-0.15, -0.1) is 0 Å². The zero-order valence-corrected chi connectivity index (χ0v) is 11.8. The van der Waals surface area contributed by atoms with Crippen molar-refractivity contribution in [1.82, 2.24) is 0 Å². The van der Waals surface area contributed by atoms with E-state index in [4.69, 9.17) is 39.5 Å². The van der Waals surface area contributed by atoms with E-state index in [0.29, 0.717) is 39.1 Å². The molecule has 2 rings (SSSR count). The van der Waals surface area contributed by atoms with Crippen LogP contribution in [-0.4, -0.2) is 18.5 Å². The van der Waals surface area contributed by atoms with Crippen molar-refractivity contribution in [2.24, 2.45) is 10.9 Å². The van der Waals surface area contributed by atoms with E-state index in [1.165, 1.54) is 0 Å². The Morgan fingerprint density at radius 1 is 1.24 bits per heavy atom. The normalized spacial score (nSPS) is 19.4. The molecule has 0 amide bonds. The van der Waals surface area contributed by atoms with Gasteiger partial charge in [0.1, 0.15) is 6.61 Å². The molecule has 0 bridgehead atoms. The Morgan fingerprint density at radius 2 is 1.82 bits per heavy atom. The van der Waals surface area contributed by atoms with E-state index in [1.54, 1.807) is 12.1 Å². The molecule has 1 aromatic carbocycles. The van der Waals surface area contributed by atoms with E-state index in [0.717, 1.165) is 0 Å². The molecule has 0 unspecified atom stereocenters. The molecule has 0 aliphatic carbocycles. The summed E-state index contributed by atoms with van der Waals surface area (Å²) in [6, 6.07) is 3.44. The molecule has 5 heteroatoms. The van der Waals surface area contributed by atoms with Crippen LogP contribution in [0, 0.1) is 5.92 Å². The summed E-state index contributed by atoms with van der Waals surface area (Å²) in [5.74, 6) is 0.938. The quantitative estimate of drug-likeness (QED) is 0.789. The minimum atomic E-state index is 0.160. The maximum Gasteiger partial charge on any atom is 0.219 e. The number of rotatable bonds is 2. The van der Waals surface area contributed by atoms with Crippen LogP contribution in [0.2, 0.25) is 15.1 Å². The van der Waals surface area contributed by atoms with E-state index < -0.39 is 0 Å². The molecular weight excluding hydrogens is 280 g/mol. The van der Waals surface area contributed by atoms with Crippen LogP contribution in [-0.2, 0) is 4.74 Å². The van der Waals surface area contributed by atoms with Crippen LogP contribution in [0.4, 0.5) is 0 Å². The first-order chi connectivity index (χ1) is 7.99. The van der Waals surface area contributed by atoms with Gasteiger partial charge in [-0.05, 0) is 18.1 Å². The number of benzene rings is 1. The van der Waals surface area contributed by atoms with E-state index in [9.17, 15) is 0 Å². The average Bonchev–Trinajstić information content (AvgIpc) is 2.65. The predicted octanol–water partition coefficient (Wildman–Crippen LogP) is 4.45. The van der Waals surface area contributed by atoms with Crippen LogP contribution >= 0.6 is 34.8 Å². The number of hydrogen-bond acceptors (Lipinski definition) is 2. The Morgan fingerprint density at radius 3 is 2.29 bits per heavy atom. The number of ether oxygens (including phenoxy) is 1. The first-order valence-corrected chi connectivity index (χ1v) is 6.48. The molecule has 0 N–H and O–H groups in total. The third kappa shape index (κ3) is 2.70. The Bertz CT molecular complexity index is 448. The SMILES string of the molecule is CC(C)[C@@H]1COC(c2c(Cl)cc(Cl)cc2Cl)=N1. The Balaban J connectivity index is 2.39. The minimum absolute atomic E-state index is 0.160. The van der Waals surface area contributed by atoms with Crippen LogP contribution in [0.25, 0.3) is 0 Å². The molecule has 1 aromatic rings. The summed E-state index contributed by atoms with van der Waals surface area (Å²) in [6.07, 6.45) is 0. The van der Waals surface area contributed by atoms with Gasteiger partial charge in [0, 0.05) is 5.02 Å². The molecule has 0 fully saturated rings. The molecule has 17 heavy (non-hydrogen) atoms. The summed E-state index contributed by atoms with van der Waals surface area (Å²) in [4.78, 5) is 4.49. The fourth-order valence-corrected chi connectivity index (χ4v) is 2.59. The third-order valence-electron chi connectivity index (χ3n) is 2.66. The van der Waals surface area contributed by atoms with Gasteiger partial charge < -0.3 is 4.74 Å². The summed E-state index contributed by atoms with van der Waals surface area (Å²) >= 11 is 18.1. The molecule has 92 valence electrons. The minimum Gasteiger partial charge on any atom is -0.475 e. The molecule has 1 aliphatic heterocycles. The van der Waals surface area contributed by atoms with Gasteiger partial charge >= 0.3 is 0 Å². The van der Waals surface area contributed by atoms with Crippen LogP contribution in [0.15, 0.2) is 17.1 Å². The molecule has 0 aromatic heterocycles. The first kappa shape index (κ1) is 13.0. The molecule has 0 saturated heterocycles. The fraction of sp³-hybridized carbons (Fsp3) is 0.417. The number of halogens is 3. The summed E-state index contributed by atoms with van der Waals surface area (Å²) in [5.41, 5.74) is 0.626. The topological polar surface area (TPSA) is 21.6 Å². The van der Waals surface area contributed by atoms with Crippen molar-refractivity contribution in [3.05, 3.63) is 32.8 Å². The molecule has 0 spiro atoms. The molecular formula is C12H12Cl3NO. The third-order valence-corrected chi connectivity index (χ3v) is 3.48. The van der Waals surface area contributed by atoms with Crippen molar-refractivity contribution in [3.8, 4) is 0 Å². The molecule has 0 radical (unpaired) electrons. The zero-order chi connectivity index (χ0) is 12.6.